The van der Waals surface area contributed by atoms with E-state index in [1.807, 2.05) is 19.1 Å². The third-order valence-electron chi connectivity index (χ3n) is 2.02. The molecule has 0 saturated carbocycles. The topological polar surface area (TPSA) is 29.1 Å². The average molecular weight is 228 g/mol. The second-order valence-corrected chi connectivity index (χ2v) is 5.24. The molecule has 14 heavy (non-hydrogen) atoms. The van der Waals surface area contributed by atoms with Crippen LogP contribution in [0, 0.1) is 0 Å². The van der Waals surface area contributed by atoms with Gasteiger partial charge in [0.05, 0.1) is 5.69 Å². The van der Waals surface area contributed by atoms with Crippen LogP contribution in [-0.2, 0) is 4.79 Å². The highest BCUT2D eigenvalue weighted by atomic mass is 35.5. The van der Waals surface area contributed by atoms with E-state index in [0.717, 1.165) is 10.6 Å². The molecule has 0 aliphatic carbocycles. The number of carbonyl (C=O) groups excluding carboxylic acids is 1. The summed E-state index contributed by atoms with van der Waals surface area (Å²) in [6.45, 7) is 2.04. The smallest absolute Gasteiger partial charge is 0.225 e. The summed E-state index contributed by atoms with van der Waals surface area (Å²) in [6.07, 6.45) is 0.553. The summed E-state index contributed by atoms with van der Waals surface area (Å²) in [4.78, 5) is 12.4. The van der Waals surface area contributed by atoms with Crippen molar-refractivity contribution < 1.29 is 4.79 Å². The summed E-state index contributed by atoms with van der Waals surface area (Å²) in [5, 5.41) is 3.87. The Balaban J connectivity index is 2.41. The molecule has 4 heteroatoms. The first-order valence-electron chi connectivity index (χ1n) is 4.41. The largest absolute Gasteiger partial charge is 0.325 e. The number of benzene rings is 1. The summed E-state index contributed by atoms with van der Waals surface area (Å²) < 4.78 is 0. The zero-order chi connectivity index (χ0) is 10.1. The van der Waals surface area contributed by atoms with Gasteiger partial charge in [0.1, 0.15) is 0 Å². The van der Waals surface area contributed by atoms with E-state index in [9.17, 15) is 4.79 Å². The van der Waals surface area contributed by atoms with Gasteiger partial charge in [-0.3, -0.25) is 4.79 Å². The van der Waals surface area contributed by atoms with Crippen LogP contribution in [-0.4, -0.2) is 11.2 Å². The Morgan fingerprint density at radius 2 is 2.36 bits per heavy atom. The van der Waals surface area contributed by atoms with Crippen LogP contribution >= 0.6 is 23.4 Å². The molecule has 1 aromatic carbocycles. The maximum atomic E-state index is 11.4. The minimum Gasteiger partial charge on any atom is -0.325 e. The quantitative estimate of drug-likeness (QED) is 0.738. The highest BCUT2D eigenvalue weighted by Gasteiger charge is 2.18. The lowest BCUT2D eigenvalue weighted by Gasteiger charge is -2.06. The molecule has 0 spiro atoms. The molecule has 1 atom stereocenters. The predicted molar refractivity (Wildman–Crippen MR) is 60.0 cm³/mol. The van der Waals surface area contributed by atoms with Crippen LogP contribution < -0.4 is 5.32 Å². The number of amides is 1. The van der Waals surface area contributed by atoms with E-state index in [2.05, 4.69) is 5.32 Å². The predicted octanol–water partition coefficient (Wildman–Crippen LogP) is 3.16. The molecule has 0 radical (unpaired) electrons. The van der Waals surface area contributed by atoms with Crippen molar-refractivity contribution in [3.05, 3.63) is 23.2 Å². The summed E-state index contributed by atoms with van der Waals surface area (Å²) in [6, 6.07) is 5.53. The van der Waals surface area contributed by atoms with Crippen molar-refractivity contribution in [2.24, 2.45) is 0 Å². The van der Waals surface area contributed by atoms with Crippen LogP contribution in [0.25, 0.3) is 0 Å². The van der Waals surface area contributed by atoms with E-state index in [4.69, 9.17) is 11.6 Å². The van der Waals surface area contributed by atoms with Crippen molar-refractivity contribution in [2.75, 3.05) is 5.32 Å². The van der Waals surface area contributed by atoms with Crippen molar-refractivity contribution in [3.63, 3.8) is 0 Å². The Hall–Kier alpha value is -0.670. The average Bonchev–Trinajstić information content (AvgIpc) is 2.21. The molecule has 1 heterocycles. The highest BCUT2D eigenvalue weighted by Crippen LogP contribution is 2.36. The zero-order valence-electron chi connectivity index (χ0n) is 7.71. The highest BCUT2D eigenvalue weighted by molar-refractivity contribution is 8.00. The van der Waals surface area contributed by atoms with Gasteiger partial charge in [-0.05, 0) is 18.2 Å². The third-order valence-corrected chi connectivity index (χ3v) is 3.41. The van der Waals surface area contributed by atoms with Gasteiger partial charge < -0.3 is 5.32 Å². The van der Waals surface area contributed by atoms with E-state index >= 15 is 0 Å². The van der Waals surface area contributed by atoms with Gasteiger partial charge in [-0.1, -0.05) is 18.5 Å². The summed E-state index contributed by atoms with van der Waals surface area (Å²) in [5.74, 6) is 0.0751. The zero-order valence-corrected chi connectivity index (χ0v) is 9.28. The standard InChI is InChI=1S/C10H10ClNOS/c1-6-4-10(13)12-8-3-2-7(11)5-9(8)14-6/h2-3,5-6H,4H2,1H3,(H,12,13). The van der Waals surface area contributed by atoms with E-state index in [-0.39, 0.29) is 5.91 Å². The van der Waals surface area contributed by atoms with Gasteiger partial charge in [-0.2, -0.15) is 0 Å². The van der Waals surface area contributed by atoms with Gasteiger partial charge in [0, 0.05) is 21.6 Å². The Kier molecular flexibility index (Phi) is 2.70. The van der Waals surface area contributed by atoms with Crippen LogP contribution in [0.3, 0.4) is 0 Å². The van der Waals surface area contributed by atoms with E-state index < -0.39 is 0 Å². The molecule has 1 aromatic rings. The van der Waals surface area contributed by atoms with Gasteiger partial charge in [0.2, 0.25) is 5.91 Å². The molecule has 1 aliphatic rings. The third kappa shape index (κ3) is 2.04. The lowest BCUT2D eigenvalue weighted by molar-refractivity contribution is -0.116. The molecule has 1 N–H and O–H groups in total. The fraction of sp³-hybridized carbons (Fsp3) is 0.300. The first-order valence-corrected chi connectivity index (χ1v) is 5.67. The Morgan fingerprint density at radius 1 is 1.57 bits per heavy atom. The molecule has 1 unspecified atom stereocenters. The van der Waals surface area contributed by atoms with E-state index in [1.54, 1.807) is 17.8 Å². The van der Waals surface area contributed by atoms with Crippen LogP contribution in [0.2, 0.25) is 5.02 Å². The molecule has 1 amide bonds. The Morgan fingerprint density at radius 3 is 3.14 bits per heavy atom. The van der Waals surface area contributed by atoms with Gasteiger partial charge in [-0.15, -0.1) is 11.8 Å². The minimum atomic E-state index is 0.0751. The normalized spacial score (nSPS) is 21.0. The number of halogens is 1. The number of anilines is 1. The van der Waals surface area contributed by atoms with Gasteiger partial charge in [0.15, 0.2) is 0 Å². The van der Waals surface area contributed by atoms with Crippen molar-refractivity contribution in [1.29, 1.82) is 0 Å². The molecular formula is C10H10ClNOS. The fourth-order valence-corrected chi connectivity index (χ4v) is 2.76. The van der Waals surface area contributed by atoms with Crippen LogP contribution in [0.1, 0.15) is 13.3 Å². The first-order chi connectivity index (χ1) is 6.65. The van der Waals surface area contributed by atoms with Crippen LogP contribution in [0.5, 0.6) is 0 Å². The number of thioether (sulfide) groups is 1. The fourth-order valence-electron chi connectivity index (χ4n) is 1.42. The van der Waals surface area contributed by atoms with Crippen molar-refractivity contribution >= 4 is 35.0 Å². The lowest BCUT2D eigenvalue weighted by Crippen LogP contribution is -2.13. The number of nitrogens with one attached hydrogen (secondary N) is 1. The summed E-state index contributed by atoms with van der Waals surface area (Å²) >= 11 is 7.57. The van der Waals surface area contributed by atoms with Crippen LogP contribution in [0.15, 0.2) is 23.1 Å². The second-order valence-electron chi connectivity index (χ2n) is 3.32. The summed E-state index contributed by atoms with van der Waals surface area (Å²) in [7, 11) is 0. The van der Waals surface area contributed by atoms with Crippen molar-refractivity contribution in [2.45, 2.75) is 23.5 Å². The summed E-state index contributed by atoms with van der Waals surface area (Å²) in [5.41, 5.74) is 0.869. The maximum absolute atomic E-state index is 11.4. The van der Waals surface area contributed by atoms with E-state index in [1.165, 1.54) is 0 Å². The maximum Gasteiger partial charge on any atom is 0.225 e. The Labute approximate surface area is 92.0 Å². The SMILES string of the molecule is CC1CC(=O)Nc2ccc(Cl)cc2S1. The molecular weight excluding hydrogens is 218 g/mol. The number of fused-ring (bicyclic) bond motifs is 1. The van der Waals surface area contributed by atoms with Gasteiger partial charge >= 0.3 is 0 Å². The first kappa shape index (κ1) is 9.87. The second kappa shape index (κ2) is 3.83. The minimum absolute atomic E-state index is 0.0751. The van der Waals surface area contributed by atoms with Gasteiger partial charge in [0.25, 0.3) is 0 Å². The van der Waals surface area contributed by atoms with E-state index in [0.29, 0.717) is 16.7 Å². The molecule has 2 nitrogen and oxygen atoms in total. The molecule has 0 aromatic heterocycles. The van der Waals surface area contributed by atoms with Crippen molar-refractivity contribution in [3.8, 4) is 0 Å². The molecule has 1 aliphatic heterocycles. The monoisotopic (exact) mass is 227 g/mol. The molecule has 74 valence electrons. The number of hydrogen-bond acceptors (Lipinski definition) is 2. The molecule has 0 saturated heterocycles. The Bertz CT molecular complexity index is 380. The van der Waals surface area contributed by atoms with Gasteiger partial charge in [-0.25, -0.2) is 0 Å². The van der Waals surface area contributed by atoms with Crippen LogP contribution in [0.4, 0.5) is 5.69 Å². The molecule has 2 rings (SSSR count). The lowest BCUT2D eigenvalue weighted by atomic mass is 10.3. The molecule has 0 fully saturated rings. The number of carbonyl (C=O) groups is 1. The number of hydrogen-bond donors (Lipinski definition) is 1. The number of rotatable bonds is 0. The van der Waals surface area contributed by atoms with Crippen molar-refractivity contribution in [1.82, 2.24) is 0 Å². The molecule has 0 bridgehead atoms.